The lowest BCUT2D eigenvalue weighted by molar-refractivity contribution is 0.185. The Morgan fingerprint density at radius 1 is 0.905 bits per heavy atom. The van der Waals surface area contributed by atoms with Crippen molar-refractivity contribution in [2.45, 2.75) is 23.9 Å². The largest absolute Gasteiger partial charge is 0.392 e. The lowest BCUT2D eigenvalue weighted by Crippen LogP contribution is -2.05. The minimum Gasteiger partial charge on any atom is -0.392 e. The maximum Gasteiger partial charge on any atom is 0.182 e. The molecule has 0 aliphatic rings. The van der Waals surface area contributed by atoms with Crippen LogP contribution in [0.15, 0.2) is 53.4 Å². The molecule has 21 heavy (non-hydrogen) atoms. The third kappa shape index (κ3) is 4.14. The van der Waals surface area contributed by atoms with E-state index in [1.54, 1.807) is 55.6 Å². The maximum atomic E-state index is 12.3. The van der Waals surface area contributed by atoms with E-state index in [1.807, 2.05) is 0 Å². The minimum atomic E-state index is -3.37. The van der Waals surface area contributed by atoms with Crippen LogP contribution in [0.4, 0.5) is 0 Å². The average molecular weight is 306 g/mol. The Balaban J connectivity index is 2.16. The van der Waals surface area contributed by atoms with Gasteiger partial charge in [-0.25, -0.2) is 8.42 Å². The molecule has 0 saturated heterocycles. The Morgan fingerprint density at radius 2 is 1.43 bits per heavy atom. The van der Waals surface area contributed by atoms with E-state index < -0.39 is 9.84 Å². The summed E-state index contributed by atoms with van der Waals surface area (Å²) >= 11 is 0. The van der Waals surface area contributed by atoms with Crippen LogP contribution >= 0.6 is 0 Å². The van der Waals surface area contributed by atoms with Gasteiger partial charge in [-0.3, -0.25) is 0 Å². The summed E-state index contributed by atoms with van der Waals surface area (Å²) in [6.45, 7) is 0.414. The first kappa shape index (κ1) is 15.7. The van der Waals surface area contributed by atoms with Gasteiger partial charge < -0.3 is 9.84 Å². The number of benzene rings is 2. The van der Waals surface area contributed by atoms with Gasteiger partial charge in [-0.1, -0.05) is 36.4 Å². The normalized spacial score (nSPS) is 11.5. The summed E-state index contributed by atoms with van der Waals surface area (Å²) in [6.07, 6.45) is 0. The number of methoxy groups -OCH3 is 1. The molecule has 0 bridgehead atoms. The van der Waals surface area contributed by atoms with Crippen molar-refractivity contribution in [1.29, 1.82) is 0 Å². The van der Waals surface area contributed by atoms with Gasteiger partial charge in [0, 0.05) is 7.11 Å². The lowest BCUT2D eigenvalue weighted by atomic mass is 10.2. The standard InChI is InChI=1S/C16H18O4S/c1-20-11-14-6-8-16(9-7-14)21(18,19)12-15-4-2-13(10-17)3-5-15/h2-9,17H,10-12H2,1H3. The molecule has 0 atom stereocenters. The monoisotopic (exact) mass is 306 g/mol. The van der Waals surface area contributed by atoms with Crippen molar-refractivity contribution in [3.05, 3.63) is 65.2 Å². The molecule has 1 N–H and O–H groups in total. The summed E-state index contributed by atoms with van der Waals surface area (Å²) in [5.74, 6) is -0.0532. The zero-order chi connectivity index (χ0) is 15.3. The molecular weight excluding hydrogens is 288 g/mol. The average Bonchev–Trinajstić information content (AvgIpc) is 2.48. The molecule has 2 aromatic rings. The molecule has 0 fully saturated rings. The van der Waals surface area contributed by atoms with E-state index in [4.69, 9.17) is 9.84 Å². The number of aliphatic hydroxyl groups excluding tert-OH is 1. The van der Waals surface area contributed by atoms with Gasteiger partial charge in [0.25, 0.3) is 0 Å². The highest BCUT2D eigenvalue weighted by Gasteiger charge is 2.15. The molecule has 0 heterocycles. The smallest absolute Gasteiger partial charge is 0.182 e. The van der Waals surface area contributed by atoms with Gasteiger partial charge in [0.05, 0.1) is 23.9 Å². The first-order valence-corrected chi connectivity index (χ1v) is 8.19. The molecule has 4 nitrogen and oxygen atoms in total. The Labute approximate surface area is 124 Å². The Bertz CT molecular complexity index is 673. The molecule has 0 unspecified atom stereocenters. The first-order valence-electron chi connectivity index (χ1n) is 6.54. The van der Waals surface area contributed by atoms with E-state index >= 15 is 0 Å². The summed E-state index contributed by atoms with van der Waals surface area (Å²) in [4.78, 5) is 0.300. The molecule has 0 amide bonds. The molecule has 0 aliphatic heterocycles. The number of rotatable bonds is 6. The third-order valence-corrected chi connectivity index (χ3v) is 4.86. The fourth-order valence-corrected chi connectivity index (χ4v) is 3.35. The van der Waals surface area contributed by atoms with E-state index in [0.29, 0.717) is 17.1 Å². The Morgan fingerprint density at radius 3 is 1.95 bits per heavy atom. The van der Waals surface area contributed by atoms with Gasteiger partial charge >= 0.3 is 0 Å². The Hall–Kier alpha value is -1.69. The summed E-state index contributed by atoms with van der Waals surface area (Å²) in [5, 5.41) is 8.98. The third-order valence-electron chi connectivity index (χ3n) is 3.16. The first-order chi connectivity index (χ1) is 10.0. The second-order valence-corrected chi connectivity index (χ2v) is 6.80. The molecule has 0 saturated carbocycles. The van der Waals surface area contributed by atoms with Crippen LogP contribution in [0.2, 0.25) is 0 Å². The highest BCUT2D eigenvalue weighted by molar-refractivity contribution is 7.90. The maximum absolute atomic E-state index is 12.3. The van der Waals surface area contributed by atoms with Crippen LogP contribution in [-0.2, 0) is 33.5 Å². The van der Waals surface area contributed by atoms with Crippen LogP contribution in [0, 0.1) is 0 Å². The van der Waals surface area contributed by atoms with E-state index in [0.717, 1.165) is 11.1 Å². The van der Waals surface area contributed by atoms with Gasteiger partial charge in [-0.2, -0.15) is 0 Å². The molecule has 0 radical (unpaired) electrons. The van der Waals surface area contributed by atoms with E-state index in [2.05, 4.69) is 0 Å². The second-order valence-electron chi connectivity index (χ2n) is 4.81. The van der Waals surface area contributed by atoms with Crippen LogP contribution in [0.5, 0.6) is 0 Å². The Kier molecular flexibility index (Phi) is 5.12. The summed E-state index contributed by atoms with van der Waals surface area (Å²) in [5.41, 5.74) is 2.40. The zero-order valence-corrected chi connectivity index (χ0v) is 12.6. The van der Waals surface area contributed by atoms with Gasteiger partial charge in [-0.15, -0.1) is 0 Å². The summed E-state index contributed by atoms with van der Waals surface area (Å²) in [7, 11) is -1.77. The summed E-state index contributed by atoms with van der Waals surface area (Å²) < 4.78 is 29.7. The molecule has 5 heteroatoms. The predicted molar refractivity (Wildman–Crippen MR) is 80.4 cm³/mol. The quantitative estimate of drug-likeness (QED) is 0.889. The van der Waals surface area contributed by atoms with Crippen molar-refractivity contribution in [2.75, 3.05) is 7.11 Å². The van der Waals surface area contributed by atoms with Crippen LogP contribution in [-0.4, -0.2) is 20.6 Å². The second kappa shape index (κ2) is 6.85. The van der Waals surface area contributed by atoms with E-state index in [9.17, 15) is 8.42 Å². The van der Waals surface area contributed by atoms with E-state index in [-0.39, 0.29) is 12.4 Å². The highest BCUT2D eigenvalue weighted by Crippen LogP contribution is 2.18. The minimum absolute atomic E-state index is 0.0476. The van der Waals surface area contributed by atoms with Gasteiger partial charge in [0.2, 0.25) is 0 Å². The fourth-order valence-electron chi connectivity index (χ4n) is 2.00. The topological polar surface area (TPSA) is 63.6 Å². The zero-order valence-electron chi connectivity index (χ0n) is 11.8. The molecular formula is C16H18O4S. The van der Waals surface area contributed by atoms with Crippen LogP contribution < -0.4 is 0 Å². The number of hydrogen-bond donors (Lipinski definition) is 1. The molecule has 0 aliphatic carbocycles. The van der Waals surface area contributed by atoms with Crippen molar-refractivity contribution in [1.82, 2.24) is 0 Å². The number of hydrogen-bond acceptors (Lipinski definition) is 4. The lowest BCUT2D eigenvalue weighted by Gasteiger charge is -2.07. The summed E-state index contributed by atoms with van der Waals surface area (Å²) in [6, 6.07) is 13.6. The number of aliphatic hydroxyl groups is 1. The molecule has 2 rings (SSSR count). The SMILES string of the molecule is COCc1ccc(S(=O)(=O)Cc2ccc(CO)cc2)cc1. The van der Waals surface area contributed by atoms with Gasteiger partial charge in [-0.05, 0) is 28.8 Å². The molecule has 2 aromatic carbocycles. The van der Waals surface area contributed by atoms with Crippen molar-refractivity contribution in [3.8, 4) is 0 Å². The molecule has 0 spiro atoms. The van der Waals surface area contributed by atoms with Crippen molar-refractivity contribution < 1.29 is 18.3 Å². The van der Waals surface area contributed by atoms with Crippen LogP contribution in [0.1, 0.15) is 16.7 Å². The number of sulfone groups is 1. The highest BCUT2D eigenvalue weighted by atomic mass is 32.2. The van der Waals surface area contributed by atoms with E-state index in [1.165, 1.54) is 0 Å². The van der Waals surface area contributed by atoms with Crippen LogP contribution in [0.3, 0.4) is 0 Å². The molecule has 0 aromatic heterocycles. The fraction of sp³-hybridized carbons (Fsp3) is 0.250. The van der Waals surface area contributed by atoms with Crippen molar-refractivity contribution in [3.63, 3.8) is 0 Å². The van der Waals surface area contributed by atoms with Gasteiger partial charge in [0.1, 0.15) is 0 Å². The van der Waals surface area contributed by atoms with Crippen molar-refractivity contribution in [2.24, 2.45) is 0 Å². The number of ether oxygens (including phenoxy) is 1. The van der Waals surface area contributed by atoms with Gasteiger partial charge in [0.15, 0.2) is 9.84 Å². The van der Waals surface area contributed by atoms with Crippen molar-refractivity contribution >= 4 is 9.84 Å². The molecule has 112 valence electrons. The predicted octanol–water partition coefficient (Wildman–Crippen LogP) is 2.30. The van der Waals surface area contributed by atoms with Crippen LogP contribution in [0.25, 0.3) is 0 Å².